The molecule has 0 bridgehead atoms. The summed E-state index contributed by atoms with van der Waals surface area (Å²) >= 11 is 0. The van der Waals surface area contributed by atoms with Crippen molar-refractivity contribution in [1.29, 1.82) is 0 Å². The lowest BCUT2D eigenvalue weighted by Crippen LogP contribution is -2.46. The number of hydrogen-bond acceptors (Lipinski definition) is 3. The topological polar surface area (TPSA) is 40.5 Å². The van der Waals surface area contributed by atoms with Gasteiger partial charge in [-0.3, -0.25) is 14.6 Å². The Bertz CT molecular complexity index is 882. The van der Waals surface area contributed by atoms with E-state index in [0.717, 1.165) is 64.0 Å². The summed E-state index contributed by atoms with van der Waals surface area (Å²) < 4.78 is 2.19. The van der Waals surface area contributed by atoms with Crippen LogP contribution in [0.2, 0.25) is 0 Å². The molecule has 1 aliphatic carbocycles. The molecule has 28 heavy (non-hydrogen) atoms. The first kappa shape index (κ1) is 19.0. The fraction of sp³-hybridized carbons (Fsp3) is 0.522. The Hall–Kier alpha value is -2.29. The summed E-state index contributed by atoms with van der Waals surface area (Å²) in [5, 5.41) is 4.39. The Balaban J connectivity index is 1.49. The van der Waals surface area contributed by atoms with Gasteiger partial charge in [0.1, 0.15) is 6.54 Å². The van der Waals surface area contributed by atoms with Crippen molar-refractivity contribution < 1.29 is 4.79 Å². The second kappa shape index (κ2) is 8.38. The average Bonchev–Trinajstić information content (AvgIpc) is 3.49. The Labute approximate surface area is 167 Å². The zero-order valence-corrected chi connectivity index (χ0v) is 16.8. The number of benzene rings is 1. The van der Waals surface area contributed by atoms with Crippen LogP contribution in [0.3, 0.4) is 0 Å². The number of amides is 1. The summed E-state index contributed by atoms with van der Waals surface area (Å²) in [4.78, 5) is 17.4. The maximum atomic E-state index is 12.4. The fourth-order valence-corrected chi connectivity index (χ4v) is 4.17. The number of nitrogens with one attached hydrogen (secondary N) is 1. The van der Waals surface area contributed by atoms with E-state index in [2.05, 4.69) is 56.8 Å². The lowest BCUT2D eigenvalue weighted by Gasteiger charge is -2.34. The molecule has 4 rings (SSSR count). The molecule has 2 aliphatic rings. The maximum absolute atomic E-state index is 12.4. The summed E-state index contributed by atoms with van der Waals surface area (Å²) in [5.74, 6) is 2.86. The van der Waals surface area contributed by atoms with Crippen LogP contribution in [-0.4, -0.2) is 59.0 Å². The van der Waals surface area contributed by atoms with Crippen LogP contribution < -0.4 is 5.32 Å². The van der Waals surface area contributed by atoms with Crippen molar-refractivity contribution in [1.82, 2.24) is 19.7 Å². The van der Waals surface area contributed by atoms with Crippen molar-refractivity contribution in [2.75, 3.05) is 32.7 Å². The molecule has 2 aromatic rings. The summed E-state index contributed by atoms with van der Waals surface area (Å²) in [5.41, 5.74) is 3.72. The predicted octanol–water partition coefficient (Wildman–Crippen LogP) is 2.37. The highest BCUT2D eigenvalue weighted by atomic mass is 16.2. The van der Waals surface area contributed by atoms with Gasteiger partial charge >= 0.3 is 0 Å². The van der Waals surface area contributed by atoms with Crippen LogP contribution in [0, 0.1) is 19.3 Å². The molecule has 0 radical (unpaired) electrons. The number of nitrogens with zero attached hydrogens (tertiary/aromatic N) is 3. The van der Waals surface area contributed by atoms with Gasteiger partial charge in [0.25, 0.3) is 0 Å². The SMILES string of the molecule is C#CCCN1CCN(Cc2c(C)n(CC(=O)NC3CC3)c3ccccc23)CC1. The van der Waals surface area contributed by atoms with Crippen molar-refractivity contribution in [3.63, 3.8) is 0 Å². The minimum absolute atomic E-state index is 0.125. The van der Waals surface area contributed by atoms with E-state index in [1.54, 1.807) is 0 Å². The van der Waals surface area contributed by atoms with E-state index in [4.69, 9.17) is 6.42 Å². The van der Waals surface area contributed by atoms with Gasteiger partial charge < -0.3 is 9.88 Å². The second-order valence-corrected chi connectivity index (χ2v) is 8.08. The number of terminal acetylenes is 1. The van der Waals surface area contributed by atoms with Crippen LogP contribution in [-0.2, 0) is 17.9 Å². The van der Waals surface area contributed by atoms with E-state index in [1.165, 1.54) is 16.6 Å². The summed E-state index contributed by atoms with van der Waals surface area (Å²) in [6, 6.07) is 8.88. The van der Waals surface area contributed by atoms with Crippen molar-refractivity contribution in [2.45, 2.75) is 45.3 Å². The normalized spacial score (nSPS) is 18.3. The fourth-order valence-electron chi connectivity index (χ4n) is 4.17. The minimum Gasteiger partial charge on any atom is -0.352 e. The van der Waals surface area contributed by atoms with Gasteiger partial charge in [-0.15, -0.1) is 12.3 Å². The number of para-hydroxylation sites is 1. The largest absolute Gasteiger partial charge is 0.352 e. The summed E-state index contributed by atoms with van der Waals surface area (Å²) in [6.07, 6.45) is 8.46. The number of fused-ring (bicyclic) bond motifs is 1. The Morgan fingerprint density at radius 3 is 2.61 bits per heavy atom. The van der Waals surface area contributed by atoms with E-state index in [9.17, 15) is 4.79 Å². The maximum Gasteiger partial charge on any atom is 0.240 e. The first-order chi connectivity index (χ1) is 13.7. The van der Waals surface area contributed by atoms with E-state index >= 15 is 0 Å². The Morgan fingerprint density at radius 2 is 1.89 bits per heavy atom. The lowest BCUT2D eigenvalue weighted by atomic mass is 10.1. The number of aromatic nitrogens is 1. The molecular weight excluding hydrogens is 348 g/mol. The summed E-state index contributed by atoms with van der Waals surface area (Å²) in [7, 11) is 0. The lowest BCUT2D eigenvalue weighted by molar-refractivity contribution is -0.121. The van der Waals surface area contributed by atoms with Gasteiger partial charge in [0.2, 0.25) is 5.91 Å². The number of carbonyl (C=O) groups excluding carboxylic acids is 1. The highest BCUT2D eigenvalue weighted by molar-refractivity contribution is 5.87. The van der Waals surface area contributed by atoms with E-state index in [1.807, 2.05) is 0 Å². The molecule has 2 fully saturated rings. The van der Waals surface area contributed by atoms with E-state index in [-0.39, 0.29) is 5.91 Å². The number of rotatable bonds is 7. The van der Waals surface area contributed by atoms with Gasteiger partial charge in [-0.2, -0.15) is 0 Å². The first-order valence-electron chi connectivity index (χ1n) is 10.4. The monoisotopic (exact) mass is 378 g/mol. The predicted molar refractivity (Wildman–Crippen MR) is 113 cm³/mol. The Morgan fingerprint density at radius 1 is 1.18 bits per heavy atom. The molecular formula is C23H30N4O. The summed E-state index contributed by atoms with van der Waals surface area (Å²) in [6.45, 7) is 8.76. The smallest absolute Gasteiger partial charge is 0.240 e. The van der Waals surface area contributed by atoms with Crippen LogP contribution in [0.25, 0.3) is 10.9 Å². The zero-order chi connectivity index (χ0) is 19.5. The van der Waals surface area contributed by atoms with Gasteiger partial charge in [-0.25, -0.2) is 0 Å². The molecule has 1 N–H and O–H groups in total. The van der Waals surface area contributed by atoms with Gasteiger partial charge in [0.05, 0.1) is 0 Å². The van der Waals surface area contributed by atoms with Crippen molar-refractivity contribution >= 4 is 16.8 Å². The van der Waals surface area contributed by atoms with Gasteiger partial charge in [0, 0.05) is 68.3 Å². The third-order valence-corrected chi connectivity index (χ3v) is 6.02. The standard InChI is InChI=1S/C23H30N4O/c1-3-4-11-25-12-14-26(15-13-25)16-21-18(2)27(17-23(28)24-19-9-10-19)22-8-6-5-7-20(21)22/h1,5-8,19H,4,9-17H2,2H3,(H,24,28). The molecule has 1 aromatic heterocycles. The molecule has 1 amide bonds. The number of piperazine rings is 1. The first-order valence-corrected chi connectivity index (χ1v) is 10.4. The van der Waals surface area contributed by atoms with Crippen LogP contribution in [0.4, 0.5) is 0 Å². The molecule has 0 spiro atoms. The van der Waals surface area contributed by atoms with E-state index < -0.39 is 0 Å². The zero-order valence-electron chi connectivity index (χ0n) is 16.8. The molecule has 0 unspecified atom stereocenters. The van der Waals surface area contributed by atoms with Gasteiger partial charge in [-0.05, 0) is 31.4 Å². The molecule has 5 nitrogen and oxygen atoms in total. The molecule has 1 saturated carbocycles. The molecule has 1 aromatic carbocycles. The Kier molecular flexibility index (Phi) is 5.70. The van der Waals surface area contributed by atoms with Crippen molar-refractivity contribution in [2.24, 2.45) is 0 Å². The van der Waals surface area contributed by atoms with Crippen LogP contribution in [0.1, 0.15) is 30.5 Å². The molecule has 148 valence electrons. The number of carbonyl (C=O) groups is 1. The molecule has 1 saturated heterocycles. The number of hydrogen-bond donors (Lipinski definition) is 1. The van der Waals surface area contributed by atoms with Crippen molar-refractivity contribution in [3.8, 4) is 12.3 Å². The minimum atomic E-state index is 0.125. The molecule has 5 heteroatoms. The third-order valence-electron chi connectivity index (χ3n) is 6.02. The third kappa shape index (κ3) is 4.24. The van der Waals surface area contributed by atoms with Crippen LogP contribution in [0.5, 0.6) is 0 Å². The van der Waals surface area contributed by atoms with Gasteiger partial charge in [-0.1, -0.05) is 18.2 Å². The van der Waals surface area contributed by atoms with Crippen LogP contribution in [0.15, 0.2) is 24.3 Å². The van der Waals surface area contributed by atoms with Gasteiger partial charge in [0.15, 0.2) is 0 Å². The van der Waals surface area contributed by atoms with E-state index in [0.29, 0.717) is 12.6 Å². The average molecular weight is 379 g/mol. The highest BCUT2D eigenvalue weighted by Crippen LogP contribution is 2.28. The molecule has 0 atom stereocenters. The molecule has 1 aliphatic heterocycles. The highest BCUT2D eigenvalue weighted by Gasteiger charge is 2.25. The second-order valence-electron chi connectivity index (χ2n) is 8.08. The van der Waals surface area contributed by atoms with Crippen LogP contribution >= 0.6 is 0 Å². The van der Waals surface area contributed by atoms with Crippen molar-refractivity contribution in [3.05, 3.63) is 35.5 Å². The quantitative estimate of drug-likeness (QED) is 0.752. The molecule has 2 heterocycles.